The van der Waals surface area contributed by atoms with Crippen LogP contribution < -0.4 is 5.73 Å². The summed E-state index contributed by atoms with van der Waals surface area (Å²) in [7, 11) is 2.21. The lowest BCUT2D eigenvalue weighted by Gasteiger charge is -2.45. The van der Waals surface area contributed by atoms with Crippen molar-refractivity contribution in [2.24, 2.45) is 11.7 Å². The third-order valence-corrected chi connectivity index (χ3v) is 3.87. The van der Waals surface area contributed by atoms with Crippen molar-refractivity contribution in [2.75, 3.05) is 20.1 Å². The normalized spacial score (nSPS) is 35.3. The molecule has 0 saturated heterocycles. The summed E-state index contributed by atoms with van der Waals surface area (Å²) in [6.45, 7) is 6.51. The Morgan fingerprint density at radius 3 is 2.31 bits per heavy atom. The predicted octanol–water partition coefficient (Wildman–Crippen LogP) is 1.85. The van der Waals surface area contributed by atoms with E-state index in [1.54, 1.807) is 0 Å². The fourth-order valence-corrected chi connectivity index (χ4v) is 2.38. The summed E-state index contributed by atoms with van der Waals surface area (Å²) >= 11 is 0. The van der Waals surface area contributed by atoms with Crippen LogP contribution in [0.4, 0.5) is 0 Å². The monoisotopic (exact) mass is 184 g/mol. The molecule has 0 heterocycles. The number of hydrogen-bond acceptors (Lipinski definition) is 2. The van der Waals surface area contributed by atoms with Crippen LogP contribution in [0.25, 0.3) is 0 Å². The number of nitrogens with two attached hydrogens (primary N) is 1. The molecule has 78 valence electrons. The first-order chi connectivity index (χ1) is 6.14. The van der Waals surface area contributed by atoms with E-state index in [9.17, 15) is 0 Å². The summed E-state index contributed by atoms with van der Waals surface area (Å²) in [5.41, 5.74) is 6.24. The van der Waals surface area contributed by atoms with Crippen LogP contribution in [0.5, 0.6) is 0 Å². The molecule has 0 radical (unpaired) electrons. The molecule has 1 aliphatic carbocycles. The van der Waals surface area contributed by atoms with Crippen LogP contribution in [-0.2, 0) is 0 Å². The van der Waals surface area contributed by atoms with E-state index in [2.05, 4.69) is 25.8 Å². The second-order valence-corrected chi connectivity index (χ2v) is 4.63. The van der Waals surface area contributed by atoms with E-state index < -0.39 is 0 Å². The predicted molar refractivity (Wildman–Crippen MR) is 57.7 cm³/mol. The average molecular weight is 184 g/mol. The summed E-state index contributed by atoms with van der Waals surface area (Å²) in [6.07, 6.45) is 5.27. The Labute approximate surface area is 82.5 Å². The van der Waals surface area contributed by atoms with Crippen molar-refractivity contribution in [3.63, 3.8) is 0 Å². The molecule has 1 rings (SSSR count). The molecule has 0 aromatic rings. The van der Waals surface area contributed by atoms with Crippen molar-refractivity contribution in [1.82, 2.24) is 4.90 Å². The lowest BCUT2D eigenvalue weighted by atomic mass is 9.76. The quantitative estimate of drug-likeness (QED) is 0.725. The molecule has 2 N–H and O–H groups in total. The zero-order valence-electron chi connectivity index (χ0n) is 9.34. The van der Waals surface area contributed by atoms with Crippen LogP contribution in [-0.4, -0.2) is 30.6 Å². The lowest BCUT2D eigenvalue weighted by Crippen LogP contribution is -2.53. The van der Waals surface area contributed by atoms with Crippen LogP contribution in [0, 0.1) is 5.92 Å². The van der Waals surface area contributed by atoms with Gasteiger partial charge < -0.3 is 5.73 Å². The van der Waals surface area contributed by atoms with Gasteiger partial charge in [0.15, 0.2) is 0 Å². The van der Waals surface area contributed by atoms with Crippen LogP contribution in [0.2, 0.25) is 0 Å². The van der Waals surface area contributed by atoms with Gasteiger partial charge in [0.1, 0.15) is 0 Å². The third-order valence-electron chi connectivity index (χ3n) is 3.87. The molecule has 0 atom stereocenters. The van der Waals surface area contributed by atoms with Crippen molar-refractivity contribution in [3.8, 4) is 0 Å². The van der Waals surface area contributed by atoms with Crippen molar-refractivity contribution >= 4 is 0 Å². The number of hydrogen-bond donors (Lipinski definition) is 1. The molecule has 1 aliphatic rings. The first-order valence-corrected chi connectivity index (χ1v) is 5.56. The van der Waals surface area contributed by atoms with Crippen LogP contribution in [0.3, 0.4) is 0 Å². The molecule has 0 aromatic carbocycles. The van der Waals surface area contributed by atoms with Crippen molar-refractivity contribution in [3.05, 3.63) is 0 Å². The molecule has 0 spiro atoms. The fourth-order valence-electron chi connectivity index (χ4n) is 2.38. The Balaban J connectivity index is 2.60. The minimum atomic E-state index is 0.321. The first kappa shape index (κ1) is 11.0. The summed E-state index contributed by atoms with van der Waals surface area (Å²) in [5.74, 6) is 0.907. The van der Waals surface area contributed by atoms with E-state index >= 15 is 0 Å². The Morgan fingerprint density at radius 1 is 1.38 bits per heavy atom. The second-order valence-electron chi connectivity index (χ2n) is 4.63. The lowest BCUT2D eigenvalue weighted by molar-refractivity contribution is 0.0727. The molecule has 1 fully saturated rings. The highest BCUT2D eigenvalue weighted by molar-refractivity contribution is 4.93. The maximum atomic E-state index is 5.92. The van der Waals surface area contributed by atoms with Gasteiger partial charge in [-0.3, -0.25) is 4.90 Å². The SMILES string of the molecule is CCN(C)C1(CN)CCC(C)CC1. The molecule has 2 nitrogen and oxygen atoms in total. The highest BCUT2D eigenvalue weighted by atomic mass is 15.2. The average Bonchev–Trinajstić information content (AvgIpc) is 2.18. The van der Waals surface area contributed by atoms with Crippen LogP contribution in [0.15, 0.2) is 0 Å². The summed E-state index contributed by atoms with van der Waals surface area (Å²) in [6, 6.07) is 0. The van der Waals surface area contributed by atoms with Crippen LogP contribution >= 0.6 is 0 Å². The van der Waals surface area contributed by atoms with E-state index in [0.29, 0.717) is 5.54 Å². The van der Waals surface area contributed by atoms with Crippen molar-refractivity contribution in [1.29, 1.82) is 0 Å². The number of rotatable bonds is 3. The van der Waals surface area contributed by atoms with E-state index in [0.717, 1.165) is 19.0 Å². The van der Waals surface area contributed by atoms with Gasteiger partial charge in [0.05, 0.1) is 0 Å². The van der Waals surface area contributed by atoms with E-state index in [1.165, 1.54) is 25.7 Å². The van der Waals surface area contributed by atoms with Crippen LogP contribution in [0.1, 0.15) is 39.5 Å². The third kappa shape index (κ3) is 2.23. The molecular formula is C11H24N2. The van der Waals surface area contributed by atoms with Gasteiger partial charge in [0.2, 0.25) is 0 Å². The molecule has 1 saturated carbocycles. The van der Waals surface area contributed by atoms with Gasteiger partial charge in [0, 0.05) is 12.1 Å². The number of likely N-dealkylation sites (N-methyl/N-ethyl adjacent to an activating group) is 1. The first-order valence-electron chi connectivity index (χ1n) is 5.56. The second kappa shape index (κ2) is 4.43. The minimum Gasteiger partial charge on any atom is -0.329 e. The topological polar surface area (TPSA) is 29.3 Å². The summed E-state index contributed by atoms with van der Waals surface area (Å²) < 4.78 is 0. The van der Waals surface area contributed by atoms with Crippen molar-refractivity contribution < 1.29 is 0 Å². The zero-order chi connectivity index (χ0) is 9.90. The molecule has 0 aromatic heterocycles. The molecule has 0 bridgehead atoms. The Kier molecular flexibility index (Phi) is 3.74. The molecule has 2 heteroatoms. The van der Waals surface area contributed by atoms with E-state index in [-0.39, 0.29) is 0 Å². The Bertz CT molecular complexity index is 148. The Morgan fingerprint density at radius 2 is 1.92 bits per heavy atom. The maximum Gasteiger partial charge on any atom is 0.0328 e. The Hall–Kier alpha value is -0.0800. The van der Waals surface area contributed by atoms with Gasteiger partial charge in [-0.1, -0.05) is 13.8 Å². The smallest absolute Gasteiger partial charge is 0.0328 e. The van der Waals surface area contributed by atoms with E-state index in [1.807, 2.05) is 0 Å². The van der Waals surface area contributed by atoms with Crippen molar-refractivity contribution in [2.45, 2.75) is 45.1 Å². The summed E-state index contributed by atoms with van der Waals surface area (Å²) in [4.78, 5) is 2.44. The van der Waals surface area contributed by atoms with Gasteiger partial charge in [0.25, 0.3) is 0 Å². The van der Waals surface area contributed by atoms with Gasteiger partial charge in [-0.15, -0.1) is 0 Å². The largest absolute Gasteiger partial charge is 0.329 e. The maximum absolute atomic E-state index is 5.92. The molecule has 0 amide bonds. The standard InChI is InChI=1S/C11H24N2/c1-4-13(3)11(9-12)7-5-10(2)6-8-11/h10H,4-9,12H2,1-3H3. The highest BCUT2D eigenvalue weighted by Crippen LogP contribution is 2.34. The molecular weight excluding hydrogens is 160 g/mol. The molecule has 13 heavy (non-hydrogen) atoms. The van der Waals surface area contributed by atoms with E-state index in [4.69, 9.17) is 5.73 Å². The number of nitrogens with zero attached hydrogens (tertiary/aromatic N) is 1. The zero-order valence-corrected chi connectivity index (χ0v) is 9.34. The van der Waals surface area contributed by atoms with Gasteiger partial charge >= 0.3 is 0 Å². The summed E-state index contributed by atoms with van der Waals surface area (Å²) in [5, 5.41) is 0. The van der Waals surface area contributed by atoms with Gasteiger partial charge in [-0.25, -0.2) is 0 Å². The van der Waals surface area contributed by atoms with Gasteiger partial charge in [-0.2, -0.15) is 0 Å². The molecule has 0 unspecified atom stereocenters. The molecule has 0 aliphatic heterocycles. The fraction of sp³-hybridized carbons (Fsp3) is 1.00. The van der Waals surface area contributed by atoms with Gasteiger partial charge in [-0.05, 0) is 45.2 Å². The minimum absolute atomic E-state index is 0.321. The highest BCUT2D eigenvalue weighted by Gasteiger charge is 2.35.